The Morgan fingerprint density at radius 3 is 3.00 bits per heavy atom. The van der Waals surface area contributed by atoms with E-state index in [9.17, 15) is 0 Å². The van der Waals surface area contributed by atoms with Crippen LogP contribution in [0.15, 0.2) is 36.5 Å². The number of para-hydroxylation sites is 2. The van der Waals surface area contributed by atoms with Gasteiger partial charge < -0.3 is 10.2 Å². The maximum Gasteiger partial charge on any atom is 0.0817 e. The normalized spacial score (nSPS) is 15.6. The maximum absolute atomic E-state index is 4.70. The summed E-state index contributed by atoms with van der Waals surface area (Å²) in [7, 11) is 0. The molecule has 2 aromatic rings. The fourth-order valence-electron chi connectivity index (χ4n) is 2.60. The molecule has 3 rings (SSSR count). The third-order valence-electron chi connectivity index (χ3n) is 4.00. The monoisotopic (exact) mass is 270 g/mol. The summed E-state index contributed by atoms with van der Waals surface area (Å²) in [5, 5.41) is 8.15. The number of aromatic nitrogens is 2. The van der Waals surface area contributed by atoms with Gasteiger partial charge in [-0.1, -0.05) is 19.1 Å². The molecule has 0 bridgehead atoms. The van der Waals surface area contributed by atoms with E-state index in [4.69, 9.17) is 5.10 Å². The van der Waals surface area contributed by atoms with Crippen molar-refractivity contribution in [1.82, 2.24) is 9.78 Å². The number of hydrogen-bond acceptors (Lipinski definition) is 3. The largest absolute Gasteiger partial charge is 0.382 e. The Labute approximate surface area is 120 Å². The minimum absolute atomic E-state index is 0.471. The van der Waals surface area contributed by atoms with Crippen LogP contribution in [0.4, 0.5) is 11.4 Å². The molecule has 1 atom stereocenters. The average Bonchev–Trinajstić information content (AvgIpc) is 2.95. The Morgan fingerprint density at radius 2 is 2.15 bits per heavy atom. The topological polar surface area (TPSA) is 33.1 Å². The zero-order chi connectivity index (χ0) is 13.9. The average molecular weight is 270 g/mol. The molecule has 20 heavy (non-hydrogen) atoms. The third kappa shape index (κ3) is 2.50. The second kappa shape index (κ2) is 5.57. The molecule has 4 heteroatoms. The van der Waals surface area contributed by atoms with Crippen molar-refractivity contribution in [3.63, 3.8) is 0 Å². The second-order valence-electron chi connectivity index (χ2n) is 5.41. The second-order valence-corrected chi connectivity index (χ2v) is 5.41. The van der Waals surface area contributed by atoms with Crippen LogP contribution in [0.3, 0.4) is 0 Å². The van der Waals surface area contributed by atoms with Crippen molar-refractivity contribution in [2.24, 2.45) is 0 Å². The summed E-state index contributed by atoms with van der Waals surface area (Å²) in [5.74, 6) is 0. The molecular formula is C16H22N4. The fraction of sp³-hybridized carbons (Fsp3) is 0.438. The van der Waals surface area contributed by atoms with Crippen molar-refractivity contribution in [3.8, 4) is 0 Å². The Kier molecular flexibility index (Phi) is 3.63. The van der Waals surface area contributed by atoms with E-state index >= 15 is 0 Å². The van der Waals surface area contributed by atoms with Gasteiger partial charge in [-0.15, -0.1) is 0 Å². The third-order valence-corrected chi connectivity index (χ3v) is 4.00. The predicted octanol–water partition coefficient (Wildman–Crippen LogP) is 3.29. The molecule has 1 unspecified atom stereocenters. The van der Waals surface area contributed by atoms with Gasteiger partial charge in [-0.05, 0) is 31.5 Å². The van der Waals surface area contributed by atoms with Crippen LogP contribution in [0.25, 0.3) is 0 Å². The molecule has 1 aliphatic rings. The summed E-state index contributed by atoms with van der Waals surface area (Å²) >= 11 is 0. The molecule has 0 saturated carbocycles. The first kappa shape index (κ1) is 13.0. The van der Waals surface area contributed by atoms with Crippen molar-refractivity contribution >= 4 is 11.4 Å². The zero-order valence-electron chi connectivity index (χ0n) is 12.2. The number of anilines is 2. The molecule has 0 amide bonds. The summed E-state index contributed by atoms with van der Waals surface area (Å²) in [6.07, 6.45) is 3.20. The van der Waals surface area contributed by atoms with Crippen molar-refractivity contribution in [2.75, 3.05) is 23.3 Å². The number of hydrogen-bond donors (Lipinski definition) is 1. The molecule has 0 spiro atoms. The van der Waals surface area contributed by atoms with Gasteiger partial charge in [0.1, 0.15) is 0 Å². The van der Waals surface area contributed by atoms with E-state index in [2.05, 4.69) is 65.3 Å². The van der Waals surface area contributed by atoms with Crippen LogP contribution >= 0.6 is 0 Å². The zero-order valence-corrected chi connectivity index (χ0v) is 12.2. The van der Waals surface area contributed by atoms with Crippen LogP contribution in [-0.4, -0.2) is 22.9 Å². The van der Waals surface area contributed by atoms with Crippen molar-refractivity contribution in [1.29, 1.82) is 0 Å². The molecule has 1 aromatic heterocycles. The van der Waals surface area contributed by atoms with Crippen molar-refractivity contribution in [2.45, 2.75) is 32.9 Å². The molecule has 0 radical (unpaired) electrons. The molecule has 4 nitrogen and oxygen atoms in total. The van der Waals surface area contributed by atoms with Gasteiger partial charge in [0.2, 0.25) is 0 Å². The van der Waals surface area contributed by atoms with Gasteiger partial charge in [0.05, 0.1) is 23.6 Å². The molecule has 1 N–H and O–H groups in total. The lowest BCUT2D eigenvalue weighted by Gasteiger charge is -2.31. The van der Waals surface area contributed by atoms with E-state index in [0.29, 0.717) is 6.04 Å². The van der Waals surface area contributed by atoms with Gasteiger partial charge in [-0.2, -0.15) is 5.10 Å². The lowest BCUT2D eigenvalue weighted by Crippen LogP contribution is -2.33. The molecule has 2 heterocycles. The van der Waals surface area contributed by atoms with E-state index < -0.39 is 0 Å². The Morgan fingerprint density at radius 1 is 1.30 bits per heavy atom. The van der Waals surface area contributed by atoms with Gasteiger partial charge in [-0.3, -0.25) is 4.68 Å². The summed E-state index contributed by atoms with van der Waals surface area (Å²) in [5.41, 5.74) is 3.64. The maximum atomic E-state index is 4.70. The van der Waals surface area contributed by atoms with E-state index in [1.54, 1.807) is 0 Å². The highest BCUT2D eigenvalue weighted by Crippen LogP contribution is 2.29. The number of rotatable bonds is 4. The molecule has 0 aliphatic carbocycles. The summed E-state index contributed by atoms with van der Waals surface area (Å²) in [6, 6.07) is 11.1. The first-order valence-electron chi connectivity index (χ1n) is 7.40. The van der Waals surface area contributed by atoms with Gasteiger partial charge in [0.25, 0.3) is 0 Å². The Balaban J connectivity index is 1.77. The van der Waals surface area contributed by atoms with E-state index in [1.807, 2.05) is 0 Å². The first-order valence-corrected chi connectivity index (χ1v) is 7.40. The molecule has 1 aliphatic heterocycles. The number of nitrogens with one attached hydrogen (secondary N) is 1. The van der Waals surface area contributed by atoms with Crippen LogP contribution < -0.4 is 10.2 Å². The van der Waals surface area contributed by atoms with Crippen LogP contribution in [0, 0.1) is 0 Å². The molecule has 0 fully saturated rings. The minimum Gasteiger partial charge on any atom is -0.382 e. The smallest absolute Gasteiger partial charge is 0.0817 e. The first-order chi connectivity index (χ1) is 9.78. The van der Waals surface area contributed by atoms with Crippen molar-refractivity contribution < 1.29 is 0 Å². The number of benzene rings is 1. The standard InChI is InChI=1S/C16H22N4/c1-3-13(2)20-10-8-14(18-20)12-19-11-9-17-15-6-4-5-7-16(15)19/h4-8,10,13,17H,3,9,11-12H2,1-2H3. The van der Waals surface area contributed by atoms with Crippen molar-refractivity contribution in [3.05, 3.63) is 42.2 Å². The van der Waals surface area contributed by atoms with E-state index in [0.717, 1.165) is 31.7 Å². The molecule has 1 aromatic carbocycles. The Hall–Kier alpha value is -1.97. The summed E-state index contributed by atoms with van der Waals surface area (Å²) in [6.45, 7) is 7.29. The fourth-order valence-corrected chi connectivity index (χ4v) is 2.60. The highest BCUT2D eigenvalue weighted by molar-refractivity contribution is 5.71. The van der Waals surface area contributed by atoms with Gasteiger partial charge in [-0.25, -0.2) is 0 Å². The van der Waals surface area contributed by atoms with Crippen LogP contribution in [0.2, 0.25) is 0 Å². The van der Waals surface area contributed by atoms with Gasteiger partial charge in [0.15, 0.2) is 0 Å². The predicted molar refractivity (Wildman–Crippen MR) is 83.2 cm³/mol. The highest BCUT2D eigenvalue weighted by atomic mass is 15.3. The lowest BCUT2D eigenvalue weighted by atomic mass is 10.2. The summed E-state index contributed by atoms with van der Waals surface area (Å²) < 4.78 is 2.07. The number of nitrogens with zero attached hydrogens (tertiary/aromatic N) is 3. The van der Waals surface area contributed by atoms with E-state index in [-0.39, 0.29) is 0 Å². The SMILES string of the molecule is CCC(C)n1ccc(CN2CCNc3ccccc32)n1. The lowest BCUT2D eigenvalue weighted by molar-refractivity contribution is 0.473. The minimum atomic E-state index is 0.471. The van der Waals surface area contributed by atoms with E-state index in [1.165, 1.54) is 11.4 Å². The van der Waals surface area contributed by atoms with Gasteiger partial charge >= 0.3 is 0 Å². The van der Waals surface area contributed by atoms with Crippen LogP contribution in [-0.2, 0) is 6.54 Å². The summed E-state index contributed by atoms with van der Waals surface area (Å²) in [4.78, 5) is 2.40. The number of fused-ring (bicyclic) bond motifs is 1. The molecule has 106 valence electrons. The van der Waals surface area contributed by atoms with Crippen LogP contribution in [0.1, 0.15) is 32.0 Å². The van der Waals surface area contributed by atoms with Gasteiger partial charge in [0, 0.05) is 25.3 Å². The quantitative estimate of drug-likeness (QED) is 0.925. The molecule has 0 saturated heterocycles. The highest BCUT2D eigenvalue weighted by Gasteiger charge is 2.17. The molecular weight excluding hydrogens is 248 g/mol. The van der Waals surface area contributed by atoms with Crippen LogP contribution in [0.5, 0.6) is 0 Å². The Bertz CT molecular complexity index is 575.